The van der Waals surface area contributed by atoms with Crippen LogP contribution >= 0.6 is 0 Å². The van der Waals surface area contributed by atoms with E-state index in [9.17, 15) is 15.2 Å². The second-order valence-corrected chi connectivity index (χ2v) is 5.15. The Hall–Kier alpha value is -0.900. The number of aliphatic hydroxyl groups is 1. The Morgan fingerprint density at radius 2 is 2.12 bits per heavy atom. The zero-order valence-corrected chi connectivity index (χ0v) is 10.7. The van der Waals surface area contributed by atoms with Crippen molar-refractivity contribution in [1.82, 2.24) is 0 Å². The van der Waals surface area contributed by atoms with Crippen LogP contribution in [0, 0.1) is 16.0 Å². The van der Waals surface area contributed by atoms with Gasteiger partial charge in [-0.25, -0.2) is 0 Å². The molecule has 94 valence electrons. The van der Waals surface area contributed by atoms with E-state index in [2.05, 4.69) is 6.92 Å². The summed E-state index contributed by atoms with van der Waals surface area (Å²) in [5, 5.41) is 19.9. The molecule has 16 heavy (non-hydrogen) atoms. The second-order valence-electron chi connectivity index (χ2n) is 5.15. The van der Waals surface area contributed by atoms with Crippen molar-refractivity contribution < 1.29 is 10.0 Å². The van der Waals surface area contributed by atoms with Crippen molar-refractivity contribution in [3.8, 4) is 0 Å². The monoisotopic (exact) mass is 229 g/mol. The highest BCUT2D eigenvalue weighted by molar-refractivity contribution is 4.88. The largest absolute Gasteiger partial charge is 0.390 e. The van der Waals surface area contributed by atoms with Crippen LogP contribution in [0.15, 0.2) is 11.8 Å². The fraction of sp³-hybridized carbons (Fsp3) is 0.833. The van der Waals surface area contributed by atoms with E-state index in [1.165, 1.54) is 6.92 Å². The van der Waals surface area contributed by atoms with Gasteiger partial charge in [-0.05, 0) is 38.7 Å². The molecule has 0 aromatic heterocycles. The van der Waals surface area contributed by atoms with E-state index in [0.717, 1.165) is 25.7 Å². The molecule has 0 aromatic rings. The van der Waals surface area contributed by atoms with Crippen molar-refractivity contribution in [1.29, 1.82) is 0 Å². The summed E-state index contributed by atoms with van der Waals surface area (Å²) in [5.74, 6) is 0.428. The van der Waals surface area contributed by atoms with Gasteiger partial charge in [-0.1, -0.05) is 19.8 Å². The molecule has 0 saturated carbocycles. The zero-order valence-electron chi connectivity index (χ0n) is 10.7. The van der Waals surface area contributed by atoms with Crippen LogP contribution < -0.4 is 0 Å². The molecule has 0 fully saturated rings. The van der Waals surface area contributed by atoms with Crippen LogP contribution in [0.1, 0.15) is 53.4 Å². The van der Waals surface area contributed by atoms with Gasteiger partial charge in [0.2, 0.25) is 5.70 Å². The van der Waals surface area contributed by atoms with Gasteiger partial charge in [-0.2, -0.15) is 0 Å². The first kappa shape index (κ1) is 15.1. The van der Waals surface area contributed by atoms with Crippen LogP contribution in [0.5, 0.6) is 0 Å². The van der Waals surface area contributed by atoms with Crippen LogP contribution in [0.2, 0.25) is 0 Å². The Kier molecular flexibility index (Phi) is 6.26. The summed E-state index contributed by atoms with van der Waals surface area (Å²) in [5.41, 5.74) is -0.388. The summed E-state index contributed by atoms with van der Waals surface area (Å²) >= 11 is 0. The van der Waals surface area contributed by atoms with Crippen LogP contribution in [-0.2, 0) is 0 Å². The Bertz CT molecular complexity index is 253. The van der Waals surface area contributed by atoms with Gasteiger partial charge < -0.3 is 5.11 Å². The summed E-state index contributed by atoms with van der Waals surface area (Å²) in [4.78, 5) is 10.0. The predicted octanol–water partition coefficient (Wildman–Crippen LogP) is 3.13. The van der Waals surface area contributed by atoms with E-state index in [0.29, 0.717) is 5.92 Å². The topological polar surface area (TPSA) is 63.4 Å². The Morgan fingerprint density at radius 3 is 2.56 bits per heavy atom. The van der Waals surface area contributed by atoms with E-state index < -0.39 is 5.60 Å². The molecule has 0 aliphatic rings. The maximum absolute atomic E-state index is 10.4. The molecule has 1 unspecified atom stereocenters. The number of nitro groups is 1. The van der Waals surface area contributed by atoms with Crippen molar-refractivity contribution in [3.05, 3.63) is 21.9 Å². The Balaban J connectivity index is 3.80. The molecule has 0 amide bonds. The van der Waals surface area contributed by atoms with Gasteiger partial charge >= 0.3 is 0 Å². The summed E-state index contributed by atoms with van der Waals surface area (Å²) in [7, 11) is 0. The maximum Gasteiger partial charge on any atom is 0.239 e. The van der Waals surface area contributed by atoms with Gasteiger partial charge in [0.15, 0.2) is 0 Å². The van der Waals surface area contributed by atoms with E-state index >= 15 is 0 Å². The molecular formula is C12H23NO3. The van der Waals surface area contributed by atoms with Crippen molar-refractivity contribution in [2.24, 2.45) is 5.92 Å². The summed E-state index contributed by atoms with van der Waals surface area (Å²) in [6, 6.07) is 0. The third-order valence-electron chi connectivity index (χ3n) is 2.59. The van der Waals surface area contributed by atoms with Gasteiger partial charge in [-0.15, -0.1) is 0 Å². The standard InChI is InChI=1S/C12H23NO3/c1-10(6-5-9-12(3,4)14)7-8-11(2)13(15)16/h8,10,14H,5-7,9H2,1-4H3/b11-8+. The lowest BCUT2D eigenvalue weighted by molar-refractivity contribution is -0.424. The van der Waals surface area contributed by atoms with Gasteiger partial charge in [0.25, 0.3) is 0 Å². The lowest BCUT2D eigenvalue weighted by atomic mass is 9.95. The molecule has 0 radical (unpaired) electrons. The highest BCUT2D eigenvalue weighted by Gasteiger charge is 2.12. The molecule has 0 aliphatic carbocycles. The molecule has 0 aromatic carbocycles. The van der Waals surface area contributed by atoms with E-state index in [-0.39, 0.29) is 10.6 Å². The second kappa shape index (κ2) is 6.63. The molecule has 4 nitrogen and oxygen atoms in total. The zero-order chi connectivity index (χ0) is 12.8. The van der Waals surface area contributed by atoms with E-state index in [1.807, 2.05) is 0 Å². The third-order valence-corrected chi connectivity index (χ3v) is 2.59. The first-order valence-corrected chi connectivity index (χ1v) is 5.76. The lowest BCUT2D eigenvalue weighted by Gasteiger charge is -2.17. The molecule has 0 aliphatic heterocycles. The SMILES string of the molecule is C/C(=C\CC(C)CCCC(C)(C)O)[N+](=O)[O-]. The number of hydrogen-bond donors (Lipinski definition) is 1. The fourth-order valence-electron chi connectivity index (χ4n) is 1.45. The molecule has 1 N–H and O–H groups in total. The smallest absolute Gasteiger partial charge is 0.239 e. The van der Waals surface area contributed by atoms with E-state index in [4.69, 9.17) is 0 Å². The van der Waals surface area contributed by atoms with Gasteiger partial charge in [0.05, 0.1) is 10.5 Å². The van der Waals surface area contributed by atoms with Crippen molar-refractivity contribution in [2.75, 3.05) is 0 Å². The minimum absolute atomic E-state index is 0.217. The van der Waals surface area contributed by atoms with Crippen LogP contribution in [0.3, 0.4) is 0 Å². The summed E-state index contributed by atoms with van der Waals surface area (Å²) in [6.07, 6.45) is 5.13. The molecule has 0 spiro atoms. The van der Waals surface area contributed by atoms with Crippen LogP contribution in [0.25, 0.3) is 0 Å². The van der Waals surface area contributed by atoms with E-state index in [1.54, 1.807) is 19.9 Å². The quantitative estimate of drug-likeness (QED) is 0.539. The molecule has 4 heteroatoms. The molecule has 0 heterocycles. The van der Waals surface area contributed by atoms with Gasteiger partial charge in [-0.3, -0.25) is 10.1 Å². The number of hydrogen-bond acceptors (Lipinski definition) is 3. The molecule has 1 atom stereocenters. The average molecular weight is 229 g/mol. The molecule has 0 rings (SSSR count). The minimum Gasteiger partial charge on any atom is -0.390 e. The molecule has 0 saturated heterocycles. The van der Waals surface area contributed by atoms with Crippen molar-refractivity contribution in [2.45, 2.75) is 59.0 Å². The van der Waals surface area contributed by atoms with Gasteiger partial charge in [0.1, 0.15) is 0 Å². The summed E-state index contributed by atoms with van der Waals surface area (Å²) in [6.45, 7) is 7.20. The first-order chi connectivity index (χ1) is 7.22. The highest BCUT2D eigenvalue weighted by atomic mass is 16.6. The van der Waals surface area contributed by atoms with Gasteiger partial charge in [0, 0.05) is 6.92 Å². The highest BCUT2D eigenvalue weighted by Crippen LogP contribution is 2.18. The minimum atomic E-state index is -0.605. The average Bonchev–Trinajstić information content (AvgIpc) is 2.11. The van der Waals surface area contributed by atoms with Crippen molar-refractivity contribution >= 4 is 0 Å². The molecular weight excluding hydrogens is 206 g/mol. The third kappa shape index (κ3) is 8.41. The Labute approximate surface area is 97.5 Å². The number of allylic oxidation sites excluding steroid dienone is 2. The summed E-state index contributed by atoms with van der Waals surface area (Å²) < 4.78 is 0. The predicted molar refractivity (Wildman–Crippen MR) is 64.7 cm³/mol. The van der Waals surface area contributed by atoms with Crippen LogP contribution in [-0.4, -0.2) is 15.6 Å². The molecule has 0 bridgehead atoms. The van der Waals surface area contributed by atoms with Crippen molar-refractivity contribution in [3.63, 3.8) is 0 Å². The number of rotatable bonds is 7. The maximum atomic E-state index is 10.4. The lowest BCUT2D eigenvalue weighted by Crippen LogP contribution is -2.18. The Morgan fingerprint density at radius 1 is 1.56 bits per heavy atom. The van der Waals surface area contributed by atoms with Crippen LogP contribution in [0.4, 0.5) is 0 Å². The number of nitrogens with zero attached hydrogens (tertiary/aromatic N) is 1. The first-order valence-electron chi connectivity index (χ1n) is 5.76. The normalized spacial score (nSPS) is 14.9. The fourth-order valence-corrected chi connectivity index (χ4v) is 1.45.